The summed E-state index contributed by atoms with van der Waals surface area (Å²) in [6, 6.07) is 0. The molecule has 0 aromatic carbocycles. The molecule has 6 nitrogen and oxygen atoms in total. The summed E-state index contributed by atoms with van der Waals surface area (Å²) in [5.41, 5.74) is 0.396. The van der Waals surface area contributed by atoms with Crippen molar-refractivity contribution in [1.29, 1.82) is 0 Å². The van der Waals surface area contributed by atoms with Crippen LogP contribution in [0.15, 0.2) is 6.20 Å². The number of carbonyl (C=O) groups is 1. The molecule has 1 heterocycles. The van der Waals surface area contributed by atoms with E-state index in [4.69, 9.17) is 10.2 Å². The first kappa shape index (κ1) is 9.66. The van der Waals surface area contributed by atoms with E-state index in [1.165, 1.54) is 10.9 Å². The zero-order valence-electron chi connectivity index (χ0n) is 7.21. The number of aliphatic carboxylic acids is 1. The van der Waals surface area contributed by atoms with Crippen molar-refractivity contribution >= 4 is 5.97 Å². The van der Waals surface area contributed by atoms with Crippen LogP contribution in [0.25, 0.3) is 0 Å². The van der Waals surface area contributed by atoms with Crippen LogP contribution in [0.1, 0.15) is 12.6 Å². The lowest BCUT2D eigenvalue weighted by molar-refractivity contribution is -0.136. The first-order chi connectivity index (χ1) is 6.08. The first-order valence-electron chi connectivity index (χ1n) is 3.87. The van der Waals surface area contributed by atoms with E-state index in [0.717, 1.165) is 0 Å². The maximum absolute atomic E-state index is 10.3. The fourth-order valence-electron chi connectivity index (χ4n) is 0.934. The predicted octanol–water partition coefficient (Wildman–Crippen LogP) is -0.714. The highest BCUT2D eigenvalue weighted by molar-refractivity contribution is 5.69. The van der Waals surface area contributed by atoms with Crippen molar-refractivity contribution in [2.24, 2.45) is 0 Å². The van der Waals surface area contributed by atoms with E-state index in [-0.39, 0.29) is 6.42 Å². The molecule has 13 heavy (non-hydrogen) atoms. The molecule has 0 fully saturated rings. The second-order valence-corrected chi connectivity index (χ2v) is 2.85. The average Bonchev–Trinajstić information content (AvgIpc) is 2.33. The lowest BCUT2D eigenvalue weighted by Gasteiger charge is -2.01. The molecule has 0 saturated carbocycles. The second kappa shape index (κ2) is 3.99. The van der Waals surface area contributed by atoms with Crippen LogP contribution in [0.3, 0.4) is 0 Å². The Morgan fingerprint density at radius 1 is 1.77 bits per heavy atom. The van der Waals surface area contributed by atoms with Gasteiger partial charge < -0.3 is 10.2 Å². The molecule has 1 atom stereocenters. The van der Waals surface area contributed by atoms with Crippen molar-refractivity contribution in [2.75, 3.05) is 0 Å². The van der Waals surface area contributed by atoms with E-state index < -0.39 is 12.1 Å². The molecule has 2 N–H and O–H groups in total. The molecule has 6 heteroatoms. The number of nitrogens with zero attached hydrogens (tertiary/aromatic N) is 3. The number of hydrogen-bond acceptors (Lipinski definition) is 4. The van der Waals surface area contributed by atoms with Crippen molar-refractivity contribution in [3.8, 4) is 0 Å². The molecule has 0 amide bonds. The summed E-state index contributed by atoms with van der Waals surface area (Å²) >= 11 is 0. The van der Waals surface area contributed by atoms with Crippen LogP contribution in [-0.4, -0.2) is 37.3 Å². The Bertz CT molecular complexity index is 295. The number of aliphatic hydroxyl groups excluding tert-OH is 1. The highest BCUT2D eigenvalue weighted by Crippen LogP contribution is 1.95. The average molecular weight is 185 g/mol. The molecular formula is C7H11N3O3. The van der Waals surface area contributed by atoms with Crippen LogP contribution in [-0.2, 0) is 17.8 Å². The lowest BCUT2D eigenvalue weighted by atomic mass is 10.3. The van der Waals surface area contributed by atoms with Gasteiger partial charge in [-0.2, -0.15) is 0 Å². The van der Waals surface area contributed by atoms with Gasteiger partial charge in [0.15, 0.2) is 0 Å². The Kier molecular flexibility index (Phi) is 2.97. The third-order valence-electron chi connectivity index (χ3n) is 1.37. The lowest BCUT2D eigenvalue weighted by Crippen LogP contribution is -2.12. The number of carboxylic acid groups (broad SMARTS) is 1. The molecule has 1 rings (SSSR count). The molecule has 0 radical (unpaired) electrons. The zero-order valence-corrected chi connectivity index (χ0v) is 7.21. The minimum absolute atomic E-state index is 0.139. The molecule has 72 valence electrons. The Balaban J connectivity index is 2.58. The van der Waals surface area contributed by atoms with E-state index in [1.54, 1.807) is 6.92 Å². The normalized spacial score (nSPS) is 12.8. The highest BCUT2D eigenvalue weighted by Gasteiger charge is 2.06. The Hall–Kier alpha value is -1.43. The minimum Gasteiger partial charge on any atom is -0.481 e. The quantitative estimate of drug-likeness (QED) is 0.646. The van der Waals surface area contributed by atoms with Crippen molar-refractivity contribution in [3.05, 3.63) is 11.9 Å². The molecule has 0 aliphatic heterocycles. The van der Waals surface area contributed by atoms with Gasteiger partial charge in [-0.1, -0.05) is 5.21 Å². The van der Waals surface area contributed by atoms with Crippen molar-refractivity contribution in [1.82, 2.24) is 15.0 Å². The summed E-state index contributed by atoms with van der Waals surface area (Å²) in [5.74, 6) is -0.941. The topological polar surface area (TPSA) is 88.2 Å². The summed E-state index contributed by atoms with van der Waals surface area (Å²) in [4.78, 5) is 10.3. The molecular weight excluding hydrogens is 174 g/mol. The summed E-state index contributed by atoms with van der Waals surface area (Å²) in [7, 11) is 0. The molecule has 0 spiro atoms. The Labute approximate surface area is 74.8 Å². The van der Waals surface area contributed by atoms with E-state index >= 15 is 0 Å². The monoisotopic (exact) mass is 185 g/mol. The minimum atomic E-state index is -0.941. The Morgan fingerprint density at radius 2 is 2.46 bits per heavy atom. The van der Waals surface area contributed by atoms with E-state index in [2.05, 4.69) is 10.3 Å². The SMILES string of the molecule is CC(O)Cn1cc(CC(=O)O)nn1. The Morgan fingerprint density at radius 3 is 3.00 bits per heavy atom. The van der Waals surface area contributed by atoms with Gasteiger partial charge in [-0.25, -0.2) is 4.68 Å². The predicted molar refractivity (Wildman–Crippen MR) is 43.0 cm³/mol. The molecule has 1 unspecified atom stereocenters. The number of rotatable bonds is 4. The van der Waals surface area contributed by atoms with Gasteiger partial charge >= 0.3 is 5.97 Å². The van der Waals surface area contributed by atoms with Gasteiger partial charge in [0.1, 0.15) is 0 Å². The van der Waals surface area contributed by atoms with Crippen LogP contribution in [0, 0.1) is 0 Å². The summed E-state index contributed by atoms with van der Waals surface area (Å²) in [5, 5.41) is 24.7. The number of hydrogen-bond donors (Lipinski definition) is 2. The fourth-order valence-corrected chi connectivity index (χ4v) is 0.934. The second-order valence-electron chi connectivity index (χ2n) is 2.85. The van der Waals surface area contributed by atoms with E-state index in [0.29, 0.717) is 12.2 Å². The van der Waals surface area contributed by atoms with Crippen LogP contribution in [0.4, 0.5) is 0 Å². The third kappa shape index (κ3) is 3.20. The van der Waals surface area contributed by atoms with Crippen LogP contribution < -0.4 is 0 Å². The number of aliphatic hydroxyl groups is 1. The third-order valence-corrected chi connectivity index (χ3v) is 1.37. The summed E-state index contributed by atoms with van der Waals surface area (Å²) in [6.45, 7) is 1.95. The van der Waals surface area contributed by atoms with Gasteiger partial charge in [-0.05, 0) is 6.92 Å². The smallest absolute Gasteiger partial charge is 0.309 e. The van der Waals surface area contributed by atoms with Gasteiger partial charge in [0.2, 0.25) is 0 Å². The van der Waals surface area contributed by atoms with Crippen LogP contribution >= 0.6 is 0 Å². The van der Waals surface area contributed by atoms with Gasteiger partial charge in [0.25, 0.3) is 0 Å². The van der Waals surface area contributed by atoms with E-state index in [9.17, 15) is 4.79 Å². The molecule has 0 aliphatic carbocycles. The molecule has 0 saturated heterocycles. The maximum atomic E-state index is 10.3. The molecule has 0 bridgehead atoms. The van der Waals surface area contributed by atoms with Gasteiger partial charge in [-0.3, -0.25) is 4.79 Å². The first-order valence-corrected chi connectivity index (χ1v) is 3.87. The zero-order chi connectivity index (χ0) is 9.84. The molecule has 1 aromatic rings. The standard InChI is InChI=1S/C7H11N3O3/c1-5(11)3-10-4-6(8-9-10)2-7(12)13/h4-5,11H,2-3H2,1H3,(H,12,13). The number of carboxylic acids is 1. The van der Waals surface area contributed by atoms with E-state index in [1.807, 2.05) is 0 Å². The highest BCUT2D eigenvalue weighted by atomic mass is 16.4. The van der Waals surface area contributed by atoms with Crippen LogP contribution in [0.2, 0.25) is 0 Å². The van der Waals surface area contributed by atoms with Crippen LogP contribution in [0.5, 0.6) is 0 Å². The van der Waals surface area contributed by atoms with Crippen molar-refractivity contribution in [2.45, 2.75) is 26.0 Å². The summed E-state index contributed by atoms with van der Waals surface area (Å²) < 4.78 is 1.42. The fraction of sp³-hybridized carbons (Fsp3) is 0.571. The van der Waals surface area contributed by atoms with Gasteiger partial charge in [-0.15, -0.1) is 5.10 Å². The maximum Gasteiger partial charge on any atom is 0.309 e. The van der Waals surface area contributed by atoms with Crippen molar-refractivity contribution < 1.29 is 15.0 Å². The van der Waals surface area contributed by atoms with Gasteiger partial charge in [0.05, 0.1) is 24.8 Å². The molecule has 1 aromatic heterocycles. The van der Waals surface area contributed by atoms with Crippen molar-refractivity contribution in [3.63, 3.8) is 0 Å². The summed E-state index contributed by atoms with van der Waals surface area (Å²) in [6.07, 6.45) is 0.861. The number of aromatic nitrogens is 3. The molecule has 0 aliphatic rings. The largest absolute Gasteiger partial charge is 0.481 e. The van der Waals surface area contributed by atoms with Gasteiger partial charge in [0, 0.05) is 6.20 Å².